The lowest BCUT2D eigenvalue weighted by atomic mass is 9.82. The van der Waals surface area contributed by atoms with E-state index in [0.29, 0.717) is 5.78 Å². The molecule has 1 fully saturated rings. The molecule has 4 nitrogen and oxygen atoms in total. The van der Waals surface area contributed by atoms with Crippen molar-refractivity contribution in [3.63, 3.8) is 0 Å². The maximum absolute atomic E-state index is 11.6. The highest BCUT2D eigenvalue weighted by Crippen LogP contribution is 2.25. The summed E-state index contributed by atoms with van der Waals surface area (Å²) in [5.41, 5.74) is -0.167. The smallest absolute Gasteiger partial charge is 0.297 e. The van der Waals surface area contributed by atoms with E-state index >= 15 is 0 Å². The average Bonchev–Trinajstić information content (AvgIpc) is 2.01. The van der Waals surface area contributed by atoms with E-state index in [9.17, 15) is 4.79 Å². The van der Waals surface area contributed by atoms with Gasteiger partial charge in [0.25, 0.3) is 0 Å². The number of rotatable bonds is 1. The summed E-state index contributed by atoms with van der Waals surface area (Å²) in [5, 5.41) is 0. The molecule has 0 amide bonds. The zero-order chi connectivity index (χ0) is 11.4. The van der Waals surface area contributed by atoms with Gasteiger partial charge in [0, 0.05) is 12.0 Å². The highest BCUT2D eigenvalue weighted by molar-refractivity contribution is 5.89. The first-order chi connectivity index (χ1) is 6.34. The quantitative estimate of drug-likeness (QED) is 0.624. The van der Waals surface area contributed by atoms with Crippen molar-refractivity contribution in [3.8, 4) is 0 Å². The first-order valence-electron chi connectivity index (χ1n) is 4.58. The largest absolute Gasteiger partial charge is 0.373 e. The Morgan fingerprint density at radius 2 is 1.79 bits per heavy atom. The molecule has 0 aromatic carbocycles. The van der Waals surface area contributed by atoms with E-state index in [1.807, 2.05) is 27.8 Å². The molecule has 4 heteroatoms. The van der Waals surface area contributed by atoms with Crippen molar-refractivity contribution < 1.29 is 14.4 Å². The molecule has 14 heavy (non-hydrogen) atoms. The van der Waals surface area contributed by atoms with Crippen LogP contribution in [0.25, 0.3) is 0 Å². The Hall–Kier alpha value is -0.990. The number of carbonyl (C=O) groups excluding carboxylic acids is 3. The number of carbonyl (C=O) groups is 1. The second kappa shape index (κ2) is 5.03. The molecule has 80 valence electrons. The first kappa shape index (κ1) is 13.0. The van der Waals surface area contributed by atoms with Gasteiger partial charge in [0.1, 0.15) is 0 Å². The lowest BCUT2D eigenvalue weighted by Crippen LogP contribution is -2.53. The molecule has 1 aliphatic rings. The zero-order valence-electron chi connectivity index (χ0n) is 9.16. The molecule has 1 heterocycles. The summed E-state index contributed by atoms with van der Waals surface area (Å²) in [5.74, 6) is 0.381. The molecule has 0 bridgehead atoms. The summed E-state index contributed by atoms with van der Waals surface area (Å²) in [7, 11) is 2.01. The molecule has 1 aliphatic heterocycles. The fourth-order valence-corrected chi connectivity index (χ4v) is 1.35. The number of likely N-dealkylation sites (N-methyl/N-ethyl adjacent to an activating group) is 1. The van der Waals surface area contributed by atoms with Crippen molar-refractivity contribution in [3.05, 3.63) is 0 Å². The average molecular weight is 199 g/mol. The van der Waals surface area contributed by atoms with Crippen LogP contribution in [0.4, 0.5) is 0 Å². The summed E-state index contributed by atoms with van der Waals surface area (Å²) >= 11 is 0. The predicted molar refractivity (Wildman–Crippen MR) is 50.5 cm³/mol. The highest BCUT2D eigenvalue weighted by atomic mass is 16.2. The zero-order valence-corrected chi connectivity index (χ0v) is 9.16. The Morgan fingerprint density at radius 3 is 1.86 bits per heavy atom. The van der Waals surface area contributed by atoms with Crippen molar-refractivity contribution in [1.29, 1.82) is 0 Å². The van der Waals surface area contributed by atoms with E-state index in [0.717, 1.165) is 13.0 Å². The van der Waals surface area contributed by atoms with Gasteiger partial charge in [0.05, 0.1) is 6.04 Å². The van der Waals surface area contributed by atoms with Crippen LogP contribution in [0.1, 0.15) is 27.2 Å². The van der Waals surface area contributed by atoms with Gasteiger partial charge < -0.3 is 0 Å². The van der Waals surface area contributed by atoms with Gasteiger partial charge in [-0.3, -0.25) is 9.69 Å². The molecular weight excluding hydrogens is 182 g/mol. The summed E-state index contributed by atoms with van der Waals surface area (Å²) in [6.07, 6.45) is 1.30. The number of Topliss-reactive ketones (excluding diaryl/α,β-unsaturated/α-hetero) is 1. The van der Waals surface area contributed by atoms with Crippen LogP contribution < -0.4 is 0 Å². The van der Waals surface area contributed by atoms with Crippen molar-refractivity contribution in [1.82, 2.24) is 4.90 Å². The molecule has 0 radical (unpaired) electrons. The summed E-state index contributed by atoms with van der Waals surface area (Å²) in [6, 6.07) is 0.204. The van der Waals surface area contributed by atoms with E-state index in [1.54, 1.807) is 0 Å². The van der Waals surface area contributed by atoms with Crippen LogP contribution in [-0.4, -0.2) is 36.5 Å². The Balaban J connectivity index is 0.000000500. The molecule has 0 aromatic heterocycles. The molecule has 0 aliphatic carbocycles. The van der Waals surface area contributed by atoms with Gasteiger partial charge in [0.2, 0.25) is 0 Å². The molecule has 0 aromatic rings. The van der Waals surface area contributed by atoms with Crippen LogP contribution in [0, 0.1) is 5.41 Å². The van der Waals surface area contributed by atoms with Gasteiger partial charge >= 0.3 is 6.15 Å². The SMILES string of the molecule is CN1CC[C@H]1C(=O)C(C)(C)C.O=C=O. The van der Waals surface area contributed by atoms with Gasteiger partial charge in [-0.05, 0) is 13.5 Å². The van der Waals surface area contributed by atoms with E-state index in [-0.39, 0.29) is 17.6 Å². The number of nitrogens with zero attached hydrogens (tertiary/aromatic N) is 1. The summed E-state index contributed by atoms with van der Waals surface area (Å²) in [6.45, 7) is 7.04. The third-order valence-electron chi connectivity index (χ3n) is 2.33. The Bertz CT molecular complexity index is 236. The van der Waals surface area contributed by atoms with Crippen molar-refractivity contribution in [2.24, 2.45) is 5.41 Å². The van der Waals surface area contributed by atoms with Crippen molar-refractivity contribution in [2.75, 3.05) is 13.6 Å². The normalized spacial score (nSPS) is 21.3. The lowest BCUT2D eigenvalue weighted by molar-refractivity contribution is -0.191. The van der Waals surface area contributed by atoms with Crippen LogP contribution in [0.2, 0.25) is 0 Å². The van der Waals surface area contributed by atoms with Gasteiger partial charge in [0.15, 0.2) is 5.78 Å². The molecule has 1 saturated heterocycles. The Kier molecular flexibility index (Phi) is 4.68. The minimum Gasteiger partial charge on any atom is -0.297 e. The molecule has 0 spiro atoms. The van der Waals surface area contributed by atoms with E-state index in [2.05, 4.69) is 4.90 Å². The van der Waals surface area contributed by atoms with Crippen molar-refractivity contribution >= 4 is 11.9 Å². The minimum atomic E-state index is -0.167. The van der Waals surface area contributed by atoms with Crippen molar-refractivity contribution in [2.45, 2.75) is 33.2 Å². The third-order valence-corrected chi connectivity index (χ3v) is 2.33. The van der Waals surface area contributed by atoms with Gasteiger partial charge in [-0.1, -0.05) is 20.8 Å². The number of likely N-dealkylation sites (tertiary alicyclic amines) is 1. The first-order valence-corrected chi connectivity index (χ1v) is 4.58. The number of hydrogen-bond acceptors (Lipinski definition) is 4. The fraction of sp³-hybridized carbons (Fsp3) is 0.800. The lowest BCUT2D eigenvalue weighted by Gasteiger charge is -2.39. The van der Waals surface area contributed by atoms with Gasteiger partial charge in [-0.25, -0.2) is 0 Å². The van der Waals surface area contributed by atoms with E-state index < -0.39 is 0 Å². The van der Waals surface area contributed by atoms with Gasteiger partial charge in [-0.2, -0.15) is 9.59 Å². The second-order valence-electron chi connectivity index (χ2n) is 4.48. The standard InChI is InChI=1S/C9H17NO.CO2/c1-9(2,3)8(11)7-5-6-10(7)4;2-1-3/h7H,5-6H2,1-4H3;/t7-;/m0./s1. The van der Waals surface area contributed by atoms with Crippen LogP contribution >= 0.6 is 0 Å². The van der Waals surface area contributed by atoms with Gasteiger partial charge in [-0.15, -0.1) is 0 Å². The monoisotopic (exact) mass is 199 g/mol. The van der Waals surface area contributed by atoms with Crippen LogP contribution in [0.15, 0.2) is 0 Å². The molecule has 1 rings (SSSR count). The molecule has 0 N–H and O–H groups in total. The molecule has 0 unspecified atom stereocenters. The molecule has 0 saturated carbocycles. The topological polar surface area (TPSA) is 54.5 Å². The van der Waals surface area contributed by atoms with E-state index in [4.69, 9.17) is 9.59 Å². The Labute approximate surface area is 84.3 Å². The third kappa shape index (κ3) is 3.40. The second-order valence-corrected chi connectivity index (χ2v) is 4.48. The van der Waals surface area contributed by atoms with Crippen LogP contribution in [-0.2, 0) is 14.4 Å². The number of ketones is 1. The van der Waals surface area contributed by atoms with Crippen LogP contribution in [0.5, 0.6) is 0 Å². The Morgan fingerprint density at radius 1 is 1.36 bits per heavy atom. The minimum absolute atomic E-state index is 0.167. The number of hydrogen-bond donors (Lipinski definition) is 0. The predicted octanol–water partition coefficient (Wildman–Crippen LogP) is 0.722. The van der Waals surface area contributed by atoms with E-state index in [1.165, 1.54) is 0 Å². The molecular formula is C10H17NO3. The highest BCUT2D eigenvalue weighted by Gasteiger charge is 2.36. The summed E-state index contributed by atoms with van der Waals surface area (Å²) in [4.78, 5) is 30.0. The van der Waals surface area contributed by atoms with Crippen LogP contribution in [0.3, 0.4) is 0 Å². The fourth-order valence-electron chi connectivity index (χ4n) is 1.35. The summed E-state index contributed by atoms with van der Waals surface area (Å²) < 4.78 is 0. The molecule has 1 atom stereocenters. The maximum atomic E-state index is 11.6. The maximum Gasteiger partial charge on any atom is 0.373 e.